The van der Waals surface area contributed by atoms with E-state index in [2.05, 4.69) is 124 Å². The third-order valence-electron chi connectivity index (χ3n) is 5.69. The van der Waals surface area contributed by atoms with Crippen LogP contribution in [0.1, 0.15) is 22.3 Å². The lowest BCUT2D eigenvalue weighted by Crippen LogP contribution is -3.00. The number of benzene rings is 4. The summed E-state index contributed by atoms with van der Waals surface area (Å²) in [6, 6.07) is 38.6. The highest BCUT2D eigenvalue weighted by atomic mass is 35.5. The summed E-state index contributed by atoms with van der Waals surface area (Å²) >= 11 is 0. The zero-order chi connectivity index (χ0) is 20.3. The van der Waals surface area contributed by atoms with Crippen LogP contribution >= 0.6 is 7.26 Å². The summed E-state index contributed by atoms with van der Waals surface area (Å²) in [5.74, 6) is 0. The fourth-order valence-electron chi connectivity index (χ4n) is 3.98. The van der Waals surface area contributed by atoms with Gasteiger partial charge in [0.2, 0.25) is 0 Å². The van der Waals surface area contributed by atoms with Crippen LogP contribution in [0.2, 0.25) is 0 Å². The maximum absolute atomic E-state index is 2.35. The SMILES string of the molecule is Cc1ccc([P+](Cc2ccccc2)(c2ccc(C)cc2)c2ccc(C)cc2)cc1.[Cl-]. The molecule has 0 unspecified atom stereocenters. The molecule has 0 fully saturated rings. The van der Waals surface area contributed by atoms with Crippen molar-refractivity contribution in [3.05, 3.63) is 125 Å². The fourth-order valence-corrected chi connectivity index (χ4v) is 8.15. The second kappa shape index (κ2) is 9.61. The molecule has 0 radical (unpaired) electrons. The first-order chi connectivity index (χ1) is 14.1. The molecule has 0 aromatic heterocycles. The zero-order valence-electron chi connectivity index (χ0n) is 17.8. The van der Waals surface area contributed by atoms with Gasteiger partial charge in [0.1, 0.15) is 23.2 Å². The van der Waals surface area contributed by atoms with E-state index in [0.29, 0.717) is 0 Å². The second-order valence-electron chi connectivity index (χ2n) is 7.96. The highest BCUT2D eigenvalue weighted by Crippen LogP contribution is 2.58. The number of hydrogen-bond acceptors (Lipinski definition) is 0. The predicted octanol–water partition coefficient (Wildman–Crippen LogP) is 3.11. The Labute approximate surface area is 187 Å². The molecule has 0 spiro atoms. The molecular weight excluding hydrogens is 403 g/mol. The molecule has 4 rings (SSSR count). The van der Waals surface area contributed by atoms with Crippen LogP contribution in [0, 0.1) is 20.8 Å². The fraction of sp³-hybridized carbons (Fsp3) is 0.143. The molecule has 2 heteroatoms. The quantitative estimate of drug-likeness (QED) is 0.427. The van der Waals surface area contributed by atoms with Crippen molar-refractivity contribution in [2.24, 2.45) is 0 Å². The Morgan fingerprint density at radius 1 is 0.467 bits per heavy atom. The lowest BCUT2D eigenvalue weighted by Gasteiger charge is -2.28. The topological polar surface area (TPSA) is 0 Å². The molecule has 0 aliphatic heterocycles. The van der Waals surface area contributed by atoms with E-state index in [9.17, 15) is 0 Å². The van der Waals surface area contributed by atoms with E-state index in [1.807, 2.05) is 0 Å². The summed E-state index contributed by atoms with van der Waals surface area (Å²) in [6.07, 6.45) is 1.03. The highest BCUT2D eigenvalue weighted by molar-refractivity contribution is 7.95. The molecule has 0 amide bonds. The number of rotatable bonds is 5. The smallest absolute Gasteiger partial charge is 0.116 e. The average molecular weight is 431 g/mol. The molecule has 0 heterocycles. The van der Waals surface area contributed by atoms with Gasteiger partial charge in [0.15, 0.2) is 0 Å². The first-order valence-corrected chi connectivity index (χ1v) is 12.2. The van der Waals surface area contributed by atoms with Crippen LogP contribution in [-0.4, -0.2) is 0 Å². The molecule has 4 aromatic rings. The standard InChI is InChI=1S/C28H28P.ClH/c1-22-9-15-26(16-10-22)29(21-25-7-5-4-6-8-25,27-17-11-23(2)12-18-27)28-19-13-24(3)14-20-28;/h4-20H,21H2,1-3H3;1H/q+1;/p-1. The Morgan fingerprint density at radius 3 is 1.13 bits per heavy atom. The van der Waals surface area contributed by atoms with Crippen molar-refractivity contribution in [1.82, 2.24) is 0 Å². The van der Waals surface area contributed by atoms with Crippen molar-refractivity contribution >= 4 is 23.2 Å². The van der Waals surface area contributed by atoms with Crippen molar-refractivity contribution in [1.29, 1.82) is 0 Å². The molecule has 0 aliphatic carbocycles. The van der Waals surface area contributed by atoms with E-state index in [4.69, 9.17) is 0 Å². The third-order valence-corrected chi connectivity index (χ3v) is 10.1. The minimum Gasteiger partial charge on any atom is -1.00 e. The number of hydrogen-bond donors (Lipinski definition) is 0. The van der Waals surface area contributed by atoms with Gasteiger partial charge in [0.05, 0.1) is 6.16 Å². The van der Waals surface area contributed by atoms with Crippen LogP contribution in [0.4, 0.5) is 0 Å². The van der Waals surface area contributed by atoms with Gasteiger partial charge in [-0.1, -0.05) is 83.4 Å². The Hall–Kier alpha value is -2.40. The summed E-state index contributed by atoms with van der Waals surface area (Å²) in [4.78, 5) is 0. The van der Waals surface area contributed by atoms with Crippen molar-refractivity contribution in [3.63, 3.8) is 0 Å². The largest absolute Gasteiger partial charge is 1.00 e. The van der Waals surface area contributed by atoms with E-state index in [1.165, 1.54) is 38.2 Å². The van der Waals surface area contributed by atoms with Crippen molar-refractivity contribution in [3.8, 4) is 0 Å². The average Bonchev–Trinajstić information content (AvgIpc) is 2.75. The Balaban J connectivity index is 0.00000256. The Bertz CT molecular complexity index is 955. The van der Waals surface area contributed by atoms with Crippen LogP contribution in [-0.2, 0) is 6.16 Å². The van der Waals surface area contributed by atoms with E-state index in [0.717, 1.165) is 6.16 Å². The molecule has 152 valence electrons. The molecule has 4 aromatic carbocycles. The van der Waals surface area contributed by atoms with Gasteiger partial charge in [-0.3, -0.25) is 0 Å². The van der Waals surface area contributed by atoms with Gasteiger partial charge in [-0.15, -0.1) is 0 Å². The van der Waals surface area contributed by atoms with Gasteiger partial charge >= 0.3 is 0 Å². The summed E-state index contributed by atoms with van der Waals surface area (Å²) in [7, 11) is -1.83. The summed E-state index contributed by atoms with van der Waals surface area (Å²) in [5.41, 5.74) is 5.31. The van der Waals surface area contributed by atoms with E-state index in [-0.39, 0.29) is 12.4 Å². The normalized spacial score (nSPS) is 11.0. The van der Waals surface area contributed by atoms with Crippen molar-refractivity contribution in [2.45, 2.75) is 26.9 Å². The lowest BCUT2D eigenvalue weighted by atomic mass is 10.2. The van der Waals surface area contributed by atoms with Crippen molar-refractivity contribution in [2.75, 3.05) is 0 Å². The summed E-state index contributed by atoms with van der Waals surface area (Å²) < 4.78 is 0. The van der Waals surface area contributed by atoms with Crippen LogP contribution in [0.15, 0.2) is 103 Å². The summed E-state index contributed by atoms with van der Waals surface area (Å²) in [6.45, 7) is 6.50. The monoisotopic (exact) mass is 430 g/mol. The minimum atomic E-state index is -1.83. The molecule has 30 heavy (non-hydrogen) atoms. The van der Waals surface area contributed by atoms with Crippen LogP contribution in [0.5, 0.6) is 0 Å². The minimum absolute atomic E-state index is 0. The lowest BCUT2D eigenvalue weighted by molar-refractivity contribution is -0.00000591. The molecule has 0 nitrogen and oxygen atoms in total. The maximum atomic E-state index is 2.35. The van der Waals surface area contributed by atoms with Gasteiger partial charge in [-0.05, 0) is 62.7 Å². The molecule has 0 atom stereocenters. The highest BCUT2D eigenvalue weighted by Gasteiger charge is 2.45. The number of aryl methyl sites for hydroxylation is 3. The Morgan fingerprint density at radius 2 is 0.800 bits per heavy atom. The van der Waals surface area contributed by atoms with E-state index >= 15 is 0 Å². The van der Waals surface area contributed by atoms with E-state index < -0.39 is 7.26 Å². The first-order valence-electron chi connectivity index (χ1n) is 10.2. The molecule has 0 bridgehead atoms. The van der Waals surface area contributed by atoms with Crippen LogP contribution in [0.25, 0.3) is 0 Å². The van der Waals surface area contributed by atoms with Crippen LogP contribution < -0.4 is 28.3 Å². The van der Waals surface area contributed by atoms with E-state index in [1.54, 1.807) is 0 Å². The van der Waals surface area contributed by atoms with Gasteiger partial charge in [0, 0.05) is 0 Å². The molecule has 0 aliphatic rings. The third kappa shape index (κ3) is 4.51. The summed E-state index contributed by atoms with van der Waals surface area (Å²) in [5, 5.41) is 4.33. The molecular formula is C28H28ClP. The van der Waals surface area contributed by atoms with Gasteiger partial charge in [-0.2, -0.15) is 0 Å². The number of halogens is 1. The van der Waals surface area contributed by atoms with Gasteiger partial charge in [0.25, 0.3) is 0 Å². The Kier molecular flexibility index (Phi) is 7.14. The second-order valence-corrected chi connectivity index (χ2v) is 11.4. The van der Waals surface area contributed by atoms with Gasteiger partial charge in [-0.25, -0.2) is 0 Å². The predicted molar refractivity (Wildman–Crippen MR) is 130 cm³/mol. The molecule has 0 N–H and O–H groups in total. The molecule has 0 saturated carbocycles. The van der Waals surface area contributed by atoms with Crippen LogP contribution in [0.3, 0.4) is 0 Å². The molecule has 0 saturated heterocycles. The van der Waals surface area contributed by atoms with Gasteiger partial charge < -0.3 is 12.4 Å². The first kappa shape index (κ1) is 22.3. The van der Waals surface area contributed by atoms with Crippen molar-refractivity contribution < 1.29 is 12.4 Å². The maximum Gasteiger partial charge on any atom is 0.116 e. The zero-order valence-corrected chi connectivity index (χ0v) is 19.5.